The van der Waals surface area contributed by atoms with E-state index >= 15 is 0 Å². The molecular weight excluding hydrogens is 1140 g/mol. The standard InChI is InChI=1S/C67H130O17P2/c1-9-59(7)45-37-29-21-13-11-12-14-22-31-39-47-64(69)77-53-62(83-66(71)49-41-33-23-17-15-19-27-35-43-57(3)4)55-81-85(73,74)79-51-61(68)52-80-86(75,76)82-56-63(54-78-65(70)48-40-32-26-25-30-38-46-60(8)10-2)84-67(72)50-42-34-24-18-16-20-28-36-44-58(5)6/h57-63,68H,9-56H2,1-8H3,(H,73,74)(H,75,76)/t59?,60?,61-,62-,63-/m1/s1. The fraction of sp³-hybridized carbons (Fsp3) is 0.940. The molecule has 0 heterocycles. The highest BCUT2D eigenvalue weighted by molar-refractivity contribution is 7.47. The van der Waals surface area contributed by atoms with Crippen LogP contribution in [0.15, 0.2) is 0 Å². The first kappa shape index (κ1) is 84.1. The lowest BCUT2D eigenvalue weighted by Gasteiger charge is -2.21. The van der Waals surface area contributed by atoms with Gasteiger partial charge in [-0.3, -0.25) is 37.3 Å². The van der Waals surface area contributed by atoms with Gasteiger partial charge in [-0.25, -0.2) is 9.13 Å². The second-order valence-electron chi connectivity index (χ2n) is 25.6. The molecule has 0 saturated carbocycles. The summed E-state index contributed by atoms with van der Waals surface area (Å²) in [5.74, 6) is 0.840. The van der Waals surface area contributed by atoms with Crippen LogP contribution >= 0.6 is 15.6 Å². The molecule has 0 spiro atoms. The number of aliphatic hydroxyl groups is 1. The average molecular weight is 1270 g/mol. The maximum Gasteiger partial charge on any atom is 0.472 e. The van der Waals surface area contributed by atoms with E-state index in [0.29, 0.717) is 25.7 Å². The molecule has 0 aliphatic rings. The van der Waals surface area contributed by atoms with E-state index in [0.717, 1.165) is 120 Å². The maximum absolute atomic E-state index is 13.0. The lowest BCUT2D eigenvalue weighted by Crippen LogP contribution is -2.30. The molecule has 7 atom stereocenters. The van der Waals surface area contributed by atoms with Crippen molar-refractivity contribution in [2.24, 2.45) is 23.7 Å². The van der Waals surface area contributed by atoms with E-state index in [-0.39, 0.29) is 25.7 Å². The summed E-state index contributed by atoms with van der Waals surface area (Å²) in [5.41, 5.74) is 0. The van der Waals surface area contributed by atoms with Crippen molar-refractivity contribution < 1.29 is 80.2 Å². The number of aliphatic hydroxyl groups excluding tert-OH is 1. The van der Waals surface area contributed by atoms with E-state index in [9.17, 15) is 43.2 Å². The van der Waals surface area contributed by atoms with Gasteiger partial charge in [0.2, 0.25) is 0 Å². The second kappa shape index (κ2) is 57.0. The van der Waals surface area contributed by atoms with E-state index in [2.05, 4.69) is 55.4 Å². The van der Waals surface area contributed by atoms with Gasteiger partial charge in [-0.15, -0.1) is 0 Å². The van der Waals surface area contributed by atoms with Crippen molar-refractivity contribution in [2.45, 2.75) is 343 Å². The highest BCUT2D eigenvalue weighted by Crippen LogP contribution is 2.45. The van der Waals surface area contributed by atoms with Crippen LogP contribution in [-0.4, -0.2) is 96.7 Å². The van der Waals surface area contributed by atoms with Crippen LogP contribution in [0.5, 0.6) is 0 Å². The Morgan fingerprint density at radius 3 is 0.826 bits per heavy atom. The summed E-state index contributed by atoms with van der Waals surface area (Å²) in [5, 5.41) is 10.6. The van der Waals surface area contributed by atoms with Gasteiger partial charge in [0.15, 0.2) is 12.2 Å². The number of hydrogen-bond donors (Lipinski definition) is 3. The Kier molecular flexibility index (Phi) is 55.7. The molecule has 0 aromatic carbocycles. The van der Waals surface area contributed by atoms with Crippen molar-refractivity contribution in [3.8, 4) is 0 Å². The third-order valence-corrected chi connectivity index (χ3v) is 17.9. The van der Waals surface area contributed by atoms with Crippen LogP contribution in [-0.2, 0) is 65.4 Å². The second-order valence-corrected chi connectivity index (χ2v) is 28.6. The van der Waals surface area contributed by atoms with Crippen molar-refractivity contribution in [1.82, 2.24) is 0 Å². The Morgan fingerprint density at radius 1 is 0.326 bits per heavy atom. The number of hydrogen-bond acceptors (Lipinski definition) is 15. The number of rotatable bonds is 64. The maximum atomic E-state index is 13.0. The Balaban J connectivity index is 5.26. The SMILES string of the molecule is CCC(C)CCCCCCCCCCCCC(=O)OC[C@H](COP(=O)(O)OC[C@@H](O)COP(=O)(O)OC[C@@H](COC(=O)CCCCCCCCC(C)CC)OC(=O)CCCCCCCCCCC(C)C)OC(=O)CCCCCCCCCCC(C)C. The predicted octanol–water partition coefficient (Wildman–Crippen LogP) is 18.5. The molecule has 3 N–H and O–H groups in total. The van der Waals surface area contributed by atoms with E-state index in [1.807, 2.05) is 0 Å². The van der Waals surface area contributed by atoms with Crippen molar-refractivity contribution in [3.05, 3.63) is 0 Å². The summed E-state index contributed by atoms with van der Waals surface area (Å²) in [6.45, 7) is 14.0. The molecule has 4 unspecified atom stereocenters. The summed E-state index contributed by atoms with van der Waals surface area (Å²) in [6, 6.07) is 0. The Bertz CT molecular complexity index is 1720. The molecule has 0 aliphatic carbocycles. The van der Waals surface area contributed by atoms with Gasteiger partial charge in [0.25, 0.3) is 0 Å². The van der Waals surface area contributed by atoms with Crippen LogP contribution in [0.1, 0.15) is 325 Å². The zero-order valence-corrected chi connectivity index (χ0v) is 57.7. The number of phosphoric acid groups is 2. The molecule has 0 aromatic heterocycles. The minimum atomic E-state index is -4.95. The third-order valence-electron chi connectivity index (χ3n) is 16.0. The highest BCUT2D eigenvalue weighted by atomic mass is 31.2. The lowest BCUT2D eigenvalue weighted by atomic mass is 9.99. The zero-order chi connectivity index (χ0) is 63.9. The lowest BCUT2D eigenvalue weighted by molar-refractivity contribution is -0.161. The zero-order valence-electron chi connectivity index (χ0n) is 55.9. The van der Waals surface area contributed by atoms with Gasteiger partial charge in [-0.05, 0) is 49.4 Å². The molecule has 0 amide bonds. The molecule has 0 rings (SSSR count). The number of unbranched alkanes of at least 4 members (excludes halogenated alkanes) is 28. The topological polar surface area (TPSA) is 237 Å². The summed E-state index contributed by atoms with van der Waals surface area (Å²) < 4.78 is 68.1. The van der Waals surface area contributed by atoms with Crippen molar-refractivity contribution in [3.63, 3.8) is 0 Å². The minimum Gasteiger partial charge on any atom is -0.462 e. The van der Waals surface area contributed by atoms with Crippen molar-refractivity contribution in [2.75, 3.05) is 39.6 Å². The Labute approximate surface area is 524 Å². The van der Waals surface area contributed by atoms with Crippen LogP contribution in [0, 0.1) is 23.7 Å². The molecule has 0 aliphatic heterocycles. The number of carbonyl (C=O) groups is 4. The van der Waals surface area contributed by atoms with Crippen LogP contribution in [0.4, 0.5) is 0 Å². The molecule has 0 aromatic rings. The molecule has 510 valence electrons. The van der Waals surface area contributed by atoms with Gasteiger partial charge in [-0.2, -0.15) is 0 Å². The number of ether oxygens (including phenoxy) is 4. The van der Waals surface area contributed by atoms with E-state index < -0.39 is 97.5 Å². The van der Waals surface area contributed by atoms with Crippen LogP contribution in [0.3, 0.4) is 0 Å². The molecule has 0 fully saturated rings. The number of phosphoric ester groups is 2. The summed E-state index contributed by atoms with van der Waals surface area (Å²) in [7, 11) is -9.90. The molecule has 0 saturated heterocycles. The first-order chi connectivity index (χ1) is 41.2. The fourth-order valence-electron chi connectivity index (χ4n) is 9.89. The van der Waals surface area contributed by atoms with Gasteiger partial charge < -0.3 is 33.8 Å². The molecular formula is C67H130O17P2. The van der Waals surface area contributed by atoms with Crippen molar-refractivity contribution in [1.29, 1.82) is 0 Å². The van der Waals surface area contributed by atoms with Crippen LogP contribution in [0.25, 0.3) is 0 Å². The first-order valence-corrected chi connectivity index (χ1v) is 37.8. The molecule has 19 heteroatoms. The van der Waals surface area contributed by atoms with E-state index in [4.69, 9.17) is 37.0 Å². The molecule has 86 heavy (non-hydrogen) atoms. The Hall–Kier alpha value is -1.94. The highest BCUT2D eigenvalue weighted by Gasteiger charge is 2.30. The van der Waals surface area contributed by atoms with Gasteiger partial charge in [0.05, 0.1) is 26.4 Å². The number of carbonyl (C=O) groups excluding carboxylic acids is 4. The normalized spacial score (nSPS) is 15.0. The monoisotopic (exact) mass is 1270 g/mol. The average Bonchev–Trinajstić information content (AvgIpc) is 3.52. The first-order valence-electron chi connectivity index (χ1n) is 34.8. The third kappa shape index (κ3) is 58.4. The fourth-order valence-corrected chi connectivity index (χ4v) is 11.5. The van der Waals surface area contributed by atoms with Gasteiger partial charge >= 0.3 is 39.5 Å². The van der Waals surface area contributed by atoms with E-state index in [1.54, 1.807) is 0 Å². The van der Waals surface area contributed by atoms with Crippen LogP contribution in [0.2, 0.25) is 0 Å². The van der Waals surface area contributed by atoms with Gasteiger partial charge in [0.1, 0.15) is 19.3 Å². The summed E-state index contributed by atoms with van der Waals surface area (Å²) in [6.07, 6.45) is 37.6. The van der Waals surface area contributed by atoms with E-state index in [1.165, 1.54) is 122 Å². The van der Waals surface area contributed by atoms with Gasteiger partial charge in [-0.1, -0.05) is 274 Å². The van der Waals surface area contributed by atoms with Crippen molar-refractivity contribution >= 4 is 39.5 Å². The molecule has 0 radical (unpaired) electrons. The summed E-state index contributed by atoms with van der Waals surface area (Å²) in [4.78, 5) is 72.4. The largest absolute Gasteiger partial charge is 0.472 e. The minimum absolute atomic E-state index is 0.103. The Morgan fingerprint density at radius 2 is 0.558 bits per heavy atom. The molecule has 17 nitrogen and oxygen atoms in total. The summed E-state index contributed by atoms with van der Waals surface area (Å²) >= 11 is 0. The quantitative estimate of drug-likeness (QED) is 0.0222. The van der Waals surface area contributed by atoms with Crippen LogP contribution < -0.4 is 0 Å². The molecule has 0 bridgehead atoms. The predicted molar refractivity (Wildman–Crippen MR) is 344 cm³/mol. The number of esters is 4. The smallest absolute Gasteiger partial charge is 0.462 e. The van der Waals surface area contributed by atoms with Gasteiger partial charge in [0, 0.05) is 25.7 Å².